The molecule has 0 unspecified atom stereocenters. The van der Waals surface area contributed by atoms with Crippen LogP contribution >= 0.6 is 12.6 Å². The van der Waals surface area contributed by atoms with Gasteiger partial charge in [0.15, 0.2) is 0 Å². The van der Waals surface area contributed by atoms with E-state index in [0.717, 1.165) is 5.75 Å². The predicted octanol–water partition coefficient (Wildman–Crippen LogP) is 3.58. The van der Waals surface area contributed by atoms with Crippen molar-refractivity contribution in [3.8, 4) is 0 Å². The first-order chi connectivity index (χ1) is 6.33. The topological polar surface area (TPSA) is 0 Å². The van der Waals surface area contributed by atoms with Gasteiger partial charge in [-0.05, 0) is 28.8 Å². The second kappa shape index (κ2) is 3.43. The molecule has 66 valence electrons. The first-order valence-corrected chi connectivity index (χ1v) is 5.04. The summed E-state index contributed by atoms with van der Waals surface area (Å²) in [5.74, 6) is 0.806. The summed E-state index contributed by atoms with van der Waals surface area (Å²) in [5.41, 5.74) is 2.64. The minimum atomic E-state index is 0.806. The van der Waals surface area contributed by atoms with Crippen LogP contribution in [0.4, 0.5) is 0 Å². The molecule has 0 saturated carbocycles. The summed E-state index contributed by atoms with van der Waals surface area (Å²) in [4.78, 5) is 0. The van der Waals surface area contributed by atoms with Crippen molar-refractivity contribution in [2.24, 2.45) is 0 Å². The molecule has 0 aliphatic heterocycles. The maximum atomic E-state index is 4.32. The smallest absolute Gasteiger partial charge is 0.0160 e. The van der Waals surface area contributed by atoms with Crippen LogP contribution in [0.15, 0.2) is 36.4 Å². The van der Waals surface area contributed by atoms with E-state index < -0.39 is 0 Å². The zero-order valence-corrected chi connectivity index (χ0v) is 8.51. The molecule has 0 atom stereocenters. The van der Waals surface area contributed by atoms with Gasteiger partial charge in [0.1, 0.15) is 0 Å². The normalized spacial score (nSPS) is 10.6. The Balaban J connectivity index is 2.84. The third-order valence-corrected chi connectivity index (χ3v) is 2.74. The predicted molar refractivity (Wildman–Crippen MR) is 61.4 cm³/mol. The van der Waals surface area contributed by atoms with E-state index in [1.807, 2.05) is 0 Å². The minimum absolute atomic E-state index is 0.806. The Labute approximate surface area is 84.0 Å². The molecule has 0 radical (unpaired) electrons. The molecule has 0 heterocycles. The fourth-order valence-electron chi connectivity index (χ4n) is 1.65. The molecule has 0 N–H and O–H groups in total. The van der Waals surface area contributed by atoms with Crippen LogP contribution in [0.1, 0.15) is 11.1 Å². The van der Waals surface area contributed by atoms with E-state index in [1.54, 1.807) is 0 Å². The van der Waals surface area contributed by atoms with E-state index in [-0.39, 0.29) is 0 Å². The minimum Gasteiger partial charge on any atom is -0.175 e. The Hall–Kier alpha value is -0.950. The Morgan fingerprint density at radius 2 is 1.69 bits per heavy atom. The van der Waals surface area contributed by atoms with E-state index in [0.29, 0.717) is 0 Å². The molecular formula is C12H12S. The molecule has 0 spiro atoms. The molecule has 0 nitrogen and oxygen atoms in total. The Morgan fingerprint density at radius 1 is 1.00 bits per heavy atom. The molecule has 0 aromatic heterocycles. The van der Waals surface area contributed by atoms with Crippen LogP contribution in [0.5, 0.6) is 0 Å². The number of aryl methyl sites for hydroxylation is 1. The van der Waals surface area contributed by atoms with Gasteiger partial charge in [0.25, 0.3) is 0 Å². The van der Waals surface area contributed by atoms with Crippen LogP contribution in [0.2, 0.25) is 0 Å². The molecule has 0 bridgehead atoms. The molecule has 0 aliphatic rings. The van der Waals surface area contributed by atoms with Crippen molar-refractivity contribution in [1.82, 2.24) is 0 Å². The highest BCUT2D eigenvalue weighted by molar-refractivity contribution is 7.79. The highest BCUT2D eigenvalue weighted by atomic mass is 32.1. The van der Waals surface area contributed by atoms with Crippen molar-refractivity contribution in [1.29, 1.82) is 0 Å². The summed E-state index contributed by atoms with van der Waals surface area (Å²) in [7, 11) is 0. The first-order valence-electron chi connectivity index (χ1n) is 4.41. The zero-order chi connectivity index (χ0) is 9.26. The van der Waals surface area contributed by atoms with Gasteiger partial charge in [0.05, 0.1) is 0 Å². The lowest BCUT2D eigenvalue weighted by molar-refractivity contribution is 1.43. The molecular weight excluding hydrogens is 176 g/mol. The molecule has 0 fully saturated rings. The Kier molecular flexibility index (Phi) is 2.28. The number of fused-ring (bicyclic) bond motifs is 1. The maximum Gasteiger partial charge on any atom is 0.0160 e. The summed E-state index contributed by atoms with van der Waals surface area (Å²) in [6.07, 6.45) is 0. The van der Waals surface area contributed by atoms with Crippen molar-refractivity contribution in [2.75, 3.05) is 0 Å². The van der Waals surface area contributed by atoms with Gasteiger partial charge in [0.2, 0.25) is 0 Å². The van der Waals surface area contributed by atoms with Crippen LogP contribution < -0.4 is 0 Å². The summed E-state index contributed by atoms with van der Waals surface area (Å²) < 4.78 is 0. The van der Waals surface area contributed by atoms with Gasteiger partial charge in [-0.2, -0.15) is 12.6 Å². The SMILES string of the molecule is Cc1ccc(CS)c2ccccc12. The van der Waals surface area contributed by atoms with Crippen LogP contribution in [0.25, 0.3) is 10.8 Å². The van der Waals surface area contributed by atoms with Crippen molar-refractivity contribution < 1.29 is 0 Å². The van der Waals surface area contributed by atoms with Crippen LogP contribution in [0, 0.1) is 6.92 Å². The standard InChI is InChI=1S/C12H12S/c1-9-6-7-10(8-13)12-5-3-2-4-11(9)12/h2-7,13H,8H2,1H3. The van der Waals surface area contributed by atoms with Crippen molar-refractivity contribution in [2.45, 2.75) is 12.7 Å². The average Bonchev–Trinajstić information content (AvgIpc) is 2.19. The van der Waals surface area contributed by atoms with Gasteiger partial charge in [-0.15, -0.1) is 0 Å². The Bertz CT molecular complexity index is 432. The number of hydrogen-bond acceptors (Lipinski definition) is 1. The summed E-state index contributed by atoms with van der Waals surface area (Å²) in [5, 5.41) is 2.67. The van der Waals surface area contributed by atoms with Gasteiger partial charge in [-0.25, -0.2) is 0 Å². The third-order valence-electron chi connectivity index (χ3n) is 2.40. The average molecular weight is 188 g/mol. The van der Waals surface area contributed by atoms with E-state index in [9.17, 15) is 0 Å². The van der Waals surface area contributed by atoms with Gasteiger partial charge >= 0.3 is 0 Å². The molecule has 0 amide bonds. The van der Waals surface area contributed by atoms with E-state index in [1.165, 1.54) is 21.9 Å². The molecule has 13 heavy (non-hydrogen) atoms. The summed E-state index contributed by atoms with van der Waals surface area (Å²) in [6, 6.07) is 12.8. The molecule has 0 aliphatic carbocycles. The lowest BCUT2D eigenvalue weighted by Gasteiger charge is -2.05. The van der Waals surface area contributed by atoms with Crippen LogP contribution in [0.3, 0.4) is 0 Å². The largest absolute Gasteiger partial charge is 0.175 e. The number of thiol groups is 1. The van der Waals surface area contributed by atoms with Crippen molar-refractivity contribution in [3.63, 3.8) is 0 Å². The summed E-state index contributed by atoms with van der Waals surface area (Å²) in [6.45, 7) is 2.14. The van der Waals surface area contributed by atoms with E-state index >= 15 is 0 Å². The van der Waals surface area contributed by atoms with Crippen LogP contribution in [-0.4, -0.2) is 0 Å². The van der Waals surface area contributed by atoms with Crippen molar-refractivity contribution >= 4 is 23.4 Å². The van der Waals surface area contributed by atoms with Gasteiger partial charge in [-0.3, -0.25) is 0 Å². The third kappa shape index (κ3) is 1.44. The van der Waals surface area contributed by atoms with Crippen LogP contribution in [-0.2, 0) is 5.75 Å². The fourth-order valence-corrected chi connectivity index (χ4v) is 1.93. The highest BCUT2D eigenvalue weighted by Gasteiger charge is 2.00. The summed E-state index contributed by atoms with van der Waals surface area (Å²) >= 11 is 4.32. The quantitative estimate of drug-likeness (QED) is 0.650. The first kappa shape index (κ1) is 8.64. The second-order valence-corrected chi connectivity index (χ2v) is 3.56. The number of rotatable bonds is 1. The molecule has 2 rings (SSSR count). The fraction of sp³-hybridized carbons (Fsp3) is 0.167. The van der Waals surface area contributed by atoms with Gasteiger partial charge < -0.3 is 0 Å². The number of benzene rings is 2. The zero-order valence-electron chi connectivity index (χ0n) is 7.62. The molecule has 2 aromatic rings. The maximum absolute atomic E-state index is 4.32. The van der Waals surface area contributed by atoms with E-state index in [2.05, 4.69) is 56.0 Å². The monoisotopic (exact) mass is 188 g/mol. The van der Waals surface area contributed by atoms with Gasteiger partial charge in [-0.1, -0.05) is 36.4 Å². The lowest BCUT2D eigenvalue weighted by Crippen LogP contribution is -1.84. The molecule has 1 heteroatoms. The highest BCUT2D eigenvalue weighted by Crippen LogP contribution is 2.23. The Morgan fingerprint density at radius 3 is 2.38 bits per heavy atom. The molecule has 0 saturated heterocycles. The number of hydrogen-bond donors (Lipinski definition) is 1. The van der Waals surface area contributed by atoms with Gasteiger partial charge in [0, 0.05) is 5.75 Å². The van der Waals surface area contributed by atoms with Crippen molar-refractivity contribution in [3.05, 3.63) is 47.5 Å². The second-order valence-electron chi connectivity index (χ2n) is 3.25. The lowest BCUT2D eigenvalue weighted by atomic mass is 10.0. The molecule has 2 aromatic carbocycles. The van der Waals surface area contributed by atoms with E-state index in [4.69, 9.17) is 0 Å².